The highest BCUT2D eigenvalue weighted by Gasteiger charge is 2.30. The molecule has 104 valence electrons. The quantitative estimate of drug-likeness (QED) is 0.847. The topological polar surface area (TPSA) is 53.4 Å². The van der Waals surface area contributed by atoms with Crippen LogP contribution in [0.3, 0.4) is 0 Å². The van der Waals surface area contributed by atoms with Gasteiger partial charge in [-0.1, -0.05) is 18.5 Å². The minimum Gasteiger partial charge on any atom is -0.390 e. The van der Waals surface area contributed by atoms with Gasteiger partial charge in [0.1, 0.15) is 5.15 Å². The van der Waals surface area contributed by atoms with Crippen molar-refractivity contribution in [1.29, 1.82) is 0 Å². The molecule has 0 aromatic carbocycles. The number of piperidine rings is 1. The van der Waals surface area contributed by atoms with E-state index in [1.54, 1.807) is 17.0 Å². The molecule has 1 aliphatic rings. The fourth-order valence-corrected chi connectivity index (χ4v) is 2.46. The molecule has 19 heavy (non-hydrogen) atoms. The van der Waals surface area contributed by atoms with Crippen LogP contribution in [0, 0.1) is 0 Å². The molecule has 1 aromatic rings. The summed E-state index contributed by atoms with van der Waals surface area (Å²) in [7, 11) is 0. The highest BCUT2D eigenvalue weighted by atomic mass is 35.5. The van der Waals surface area contributed by atoms with E-state index in [4.69, 9.17) is 11.6 Å². The van der Waals surface area contributed by atoms with Gasteiger partial charge in [-0.3, -0.25) is 4.79 Å². The Hall–Kier alpha value is -1.13. The Kier molecular flexibility index (Phi) is 4.11. The number of aromatic nitrogens is 1. The number of pyridine rings is 1. The van der Waals surface area contributed by atoms with E-state index < -0.39 is 5.60 Å². The number of aryl methyl sites for hydroxylation is 1. The van der Waals surface area contributed by atoms with Gasteiger partial charge in [-0.15, -0.1) is 0 Å². The standard InChI is InChI=1S/C14H19ClN2O2/c1-3-11-8-10(9-12(15)16-11)13(18)17-6-4-14(2,19)5-7-17/h8-9,19H,3-7H2,1-2H3. The van der Waals surface area contributed by atoms with Gasteiger partial charge >= 0.3 is 0 Å². The van der Waals surface area contributed by atoms with E-state index in [1.165, 1.54) is 0 Å². The third kappa shape index (κ3) is 3.45. The van der Waals surface area contributed by atoms with Gasteiger partial charge in [-0.25, -0.2) is 4.98 Å². The Bertz CT molecular complexity index is 478. The van der Waals surface area contributed by atoms with Crippen molar-refractivity contribution < 1.29 is 9.90 Å². The summed E-state index contributed by atoms with van der Waals surface area (Å²) in [5.74, 6) is -0.0329. The van der Waals surface area contributed by atoms with E-state index >= 15 is 0 Å². The van der Waals surface area contributed by atoms with E-state index in [9.17, 15) is 9.90 Å². The zero-order valence-corrected chi connectivity index (χ0v) is 12.1. The van der Waals surface area contributed by atoms with E-state index in [2.05, 4.69) is 4.98 Å². The van der Waals surface area contributed by atoms with E-state index in [1.807, 2.05) is 13.8 Å². The van der Waals surface area contributed by atoms with Crippen LogP contribution in [0.4, 0.5) is 0 Å². The number of amides is 1. The molecule has 1 aliphatic heterocycles. The summed E-state index contributed by atoms with van der Waals surface area (Å²) >= 11 is 5.94. The molecule has 0 atom stereocenters. The van der Waals surface area contributed by atoms with Crippen molar-refractivity contribution >= 4 is 17.5 Å². The summed E-state index contributed by atoms with van der Waals surface area (Å²) in [6.07, 6.45) is 1.96. The second-order valence-electron chi connectivity index (χ2n) is 5.31. The van der Waals surface area contributed by atoms with Crippen molar-refractivity contribution in [2.24, 2.45) is 0 Å². The molecule has 1 fully saturated rings. The van der Waals surface area contributed by atoms with Gasteiger partial charge in [0, 0.05) is 24.3 Å². The number of hydrogen-bond acceptors (Lipinski definition) is 3. The Labute approximate surface area is 118 Å². The van der Waals surface area contributed by atoms with Crippen LogP contribution >= 0.6 is 11.6 Å². The summed E-state index contributed by atoms with van der Waals surface area (Å²) in [5, 5.41) is 10.3. The molecular formula is C14H19ClN2O2. The van der Waals surface area contributed by atoms with Crippen LogP contribution in [0.15, 0.2) is 12.1 Å². The highest BCUT2D eigenvalue weighted by molar-refractivity contribution is 6.29. The lowest BCUT2D eigenvalue weighted by Gasteiger charge is -2.35. The van der Waals surface area contributed by atoms with Crippen LogP contribution in [-0.2, 0) is 6.42 Å². The largest absolute Gasteiger partial charge is 0.390 e. The Morgan fingerprint density at radius 3 is 2.68 bits per heavy atom. The molecule has 5 heteroatoms. The predicted molar refractivity (Wildman–Crippen MR) is 74.4 cm³/mol. The van der Waals surface area contributed by atoms with E-state index in [-0.39, 0.29) is 5.91 Å². The zero-order chi connectivity index (χ0) is 14.0. The molecule has 0 spiro atoms. The van der Waals surface area contributed by atoms with Gasteiger partial charge in [-0.05, 0) is 38.3 Å². The fourth-order valence-electron chi connectivity index (χ4n) is 2.23. The van der Waals surface area contributed by atoms with Gasteiger partial charge in [0.25, 0.3) is 5.91 Å². The summed E-state index contributed by atoms with van der Waals surface area (Å²) in [4.78, 5) is 18.3. The molecule has 0 bridgehead atoms. The molecule has 0 saturated carbocycles. The molecule has 2 heterocycles. The molecule has 1 N–H and O–H groups in total. The van der Waals surface area contributed by atoms with Crippen LogP contribution in [0.5, 0.6) is 0 Å². The number of carbonyl (C=O) groups excluding carboxylic acids is 1. The molecule has 0 aliphatic carbocycles. The van der Waals surface area contributed by atoms with Gasteiger partial charge in [-0.2, -0.15) is 0 Å². The maximum Gasteiger partial charge on any atom is 0.254 e. The van der Waals surface area contributed by atoms with Crippen LogP contribution in [0.25, 0.3) is 0 Å². The third-order valence-corrected chi connectivity index (χ3v) is 3.78. The number of halogens is 1. The van der Waals surface area contributed by atoms with Crippen molar-refractivity contribution in [3.8, 4) is 0 Å². The Morgan fingerprint density at radius 1 is 1.47 bits per heavy atom. The molecule has 0 unspecified atom stereocenters. The minimum absolute atomic E-state index is 0.0329. The zero-order valence-electron chi connectivity index (χ0n) is 11.3. The number of rotatable bonds is 2. The fraction of sp³-hybridized carbons (Fsp3) is 0.571. The van der Waals surface area contributed by atoms with Crippen LogP contribution in [0.2, 0.25) is 5.15 Å². The normalized spacial score (nSPS) is 18.4. The summed E-state index contributed by atoms with van der Waals surface area (Å²) < 4.78 is 0. The van der Waals surface area contributed by atoms with Gasteiger partial charge in [0.05, 0.1) is 5.60 Å². The molecule has 4 nitrogen and oxygen atoms in total. The van der Waals surface area contributed by atoms with E-state index in [0.717, 1.165) is 12.1 Å². The molecule has 1 aromatic heterocycles. The number of carbonyl (C=O) groups is 1. The summed E-state index contributed by atoms with van der Waals surface area (Å²) in [6, 6.07) is 3.40. The summed E-state index contributed by atoms with van der Waals surface area (Å²) in [5.41, 5.74) is 0.750. The van der Waals surface area contributed by atoms with Gasteiger partial charge in [0.15, 0.2) is 0 Å². The lowest BCUT2D eigenvalue weighted by Crippen LogP contribution is -2.45. The molecule has 2 rings (SSSR count). The van der Waals surface area contributed by atoms with Crippen molar-refractivity contribution in [2.75, 3.05) is 13.1 Å². The lowest BCUT2D eigenvalue weighted by molar-refractivity contribution is -0.00203. The van der Waals surface area contributed by atoms with Crippen LogP contribution in [-0.4, -0.2) is 39.6 Å². The lowest BCUT2D eigenvalue weighted by atomic mass is 9.93. The maximum atomic E-state index is 12.4. The first kappa shape index (κ1) is 14.3. The molecular weight excluding hydrogens is 264 g/mol. The van der Waals surface area contributed by atoms with Crippen molar-refractivity contribution in [1.82, 2.24) is 9.88 Å². The second-order valence-corrected chi connectivity index (χ2v) is 5.70. The average molecular weight is 283 g/mol. The van der Waals surface area contributed by atoms with Gasteiger partial charge in [0.2, 0.25) is 0 Å². The maximum absolute atomic E-state index is 12.4. The number of nitrogens with zero attached hydrogens (tertiary/aromatic N) is 2. The van der Waals surface area contributed by atoms with E-state index in [0.29, 0.717) is 36.6 Å². The van der Waals surface area contributed by atoms with Gasteiger partial charge < -0.3 is 10.0 Å². The number of hydrogen-bond donors (Lipinski definition) is 1. The van der Waals surface area contributed by atoms with Crippen LogP contribution in [0.1, 0.15) is 42.7 Å². The first-order chi connectivity index (χ1) is 8.91. The minimum atomic E-state index is -0.652. The van der Waals surface area contributed by atoms with Crippen molar-refractivity contribution in [3.63, 3.8) is 0 Å². The first-order valence-electron chi connectivity index (χ1n) is 6.59. The monoisotopic (exact) mass is 282 g/mol. The van der Waals surface area contributed by atoms with Crippen molar-refractivity contribution in [2.45, 2.75) is 38.7 Å². The average Bonchev–Trinajstić information content (AvgIpc) is 2.37. The second kappa shape index (κ2) is 5.47. The van der Waals surface area contributed by atoms with Crippen molar-refractivity contribution in [3.05, 3.63) is 28.5 Å². The number of aliphatic hydroxyl groups is 1. The number of likely N-dealkylation sites (tertiary alicyclic amines) is 1. The predicted octanol–water partition coefficient (Wildman–Crippen LogP) is 2.28. The summed E-state index contributed by atoms with van der Waals surface area (Å²) in [6.45, 7) is 4.94. The SMILES string of the molecule is CCc1cc(C(=O)N2CCC(C)(O)CC2)cc(Cl)n1. The Balaban J connectivity index is 2.14. The molecule has 1 amide bonds. The smallest absolute Gasteiger partial charge is 0.254 e. The molecule has 1 saturated heterocycles. The highest BCUT2D eigenvalue weighted by Crippen LogP contribution is 2.23. The first-order valence-corrected chi connectivity index (χ1v) is 6.97. The van der Waals surface area contributed by atoms with Crippen LogP contribution < -0.4 is 0 Å². The Morgan fingerprint density at radius 2 is 2.11 bits per heavy atom. The molecule has 0 radical (unpaired) electrons. The third-order valence-electron chi connectivity index (χ3n) is 3.58.